The molecule has 1 aliphatic rings. The Bertz CT molecular complexity index is 472. The van der Waals surface area contributed by atoms with Crippen molar-refractivity contribution in [1.29, 1.82) is 0 Å². The molecule has 23 heavy (non-hydrogen) atoms. The number of amidine groups is 1. The number of hydrogen-bond donors (Lipinski definition) is 2. The molecule has 0 saturated carbocycles. The molecule has 2 N–H and O–H groups in total. The standard InChI is InChI=1S/C18H33N3O2/c1-13(10-9-11-14(19-7)20-8)21-18(6)16(2,3)12-15(22)23-17(18,4)5/h21H,1,9-12H2,2-8H3,(H,19,20). The Hall–Kier alpha value is -1.52. The number of nitrogens with one attached hydrogen (secondary N) is 2. The lowest BCUT2D eigenvalue weighted by atomic mass is 9.61. The smallest absolute Gasteiger partial charge is 0.307 e. The SMILES string of the molecule is C=C(CCCC(=NC)NC)NC1(C)C(C)(C)CC(=O)OC1(C)C. The van der Waals surface area contributed by atoms with Crippen LogP contribution in [0.2, 0.25) is 0 Å². The Balaban J connectivity index is 2.76. The van der Waals surface area contributed by atoms with Gasteiger partial charge < -0.3 is 15.4 Å². The van der Waals surface area contributed by atoms with E-state index in [2.05, 4.69) is 43.0 Å². The van der Waals surface area contributed by atoms with Crippen LogP contribution in [-0.2, 0) is 9.53 Å². The van der Waals surface area contributed by atoms with E-state index >= 15 is 0 Å². The topological polar surface area (TPSA) is 62.7 Å². The van der Waals surface area contributed by atoms with Crippen LogP contribution in [0, 0.1) is 5.41 Å². The van der Waals surface area contributed by atoms with E-state index in [1.165, 1.54) is 0 Å². The Kier molecular flexibility index (Phi) is 5.89. The maximum Gasteiger partial charge on any atom is 0.307 e. The van der Waals surface area contributed by atoms with Crippen LogP contribution in [-0.4, -0.2) is 37.0 Å². The highest BCUT2D eigenvalue weighted by Crippen LogP contribution is 2.48. The van der Waals surface area contributed by atoms with E-state index in [0.717, 1.165) is 30.8 Å². The van der Waals surface area contributed by atoms with Crippen molar-refractivity contribution in [3.05, 3.63) is 12.3 Å². The Labute approximate surface area is 141 Å². The molecule has 0 amide bonds. The van der Waals surface area contributed by atoms with Crippen molar-refractivity contribution in [3.8, 4) is 0 Å². The quantitative estimate of drug-likeness (QED) is 0.448. The Morgan fingerprint density at radius 3 is 2.35 bits per heavy atom. The third kappa shape index (κ3) is 4.06. The van der Waals surface area contributed by atoms with Crippen LogP contribution in [0.3, 0.4) is 0 Å². The summed E-state index contributed by atoms with van der Waals surface area (Å²) in [5, 5.41) is 6.66. The summed E-state index contributed by atoms with van der Waals surface area (Å²) >= 11 is 0. The summed E-state index contributed by atoms with van der Waals surface area (Å²) in [4.78, 5) is 16.1. The van der Waals surface area contributed by atoms with Gasteiger partial charge in [-0.25, -0.2) is 0 Å². The van der Waals surface area contributed by atoms with Gasteiger partial charge in [0.2, 0.25) is 0 Å². The number of allylic oxidation sites excluding steroid dienone is 1. The molecule has 0 aromatic rings. The number of rotatable bonds is 6. The summed E-state index contributed by atoms with van der Waals surface area (Å²) in [6.45, 7) is 14.5. The molecule has 0 bridgehead atoms. The first-order valence-corrected chi connectivity index (χ1v) is 8.30. The zero-order valence-electron chi connectivity index (χ0n) is 15.8. The summed E-state index contributed by atoms with van der Waals surface area (Å²) in [6.07, 6.45) is 3.12. The fourth-order valence-electron chi connectivity index (χ4n) is 3.33. The van der Waals surface area contributed by atoms with Crippen molar-refractivity contribution in [3.63, 3.8) is 0 Å². The van der Waals surface area contributed by atoms with E-state index in [0.29, 0.717) is 6.42 Å². The number of hydrogen-bond acceptors (Lipinski definition) is 4. The summed E-state index contributed by atoms with van der Waals surface area (Å²) in [7, 11) is 3.68. The van der Waals surface area contributed by atoms with Gasteiger partial charge in [0.05, 0.1) is 17.8 Å². The summed E-state index contributed by atoms with van der Waals surface area (Å²) < 4.78 is 5.63. The van der Waals surface area contributed by atoms with Gasteiger partial charge in [-0.1, -0.05) is 20.4 Å². The van der Waals surface area contributed by atoms with Gasteiger partial charge in [-0.15, -0.1) is 0 Å². The minimum absolute atomic E-state index is 0.136. The van der Waals surface area contributed by atoms with E-state index in [4.69, 9.17) is 4.74 Å². The average molecular weight is 323 g/mol. The van der Waals surface area contributed by atoms with Crippen LogP contribution in [0.5, 0.6) is 0 Å². The number of aliphatic imine (C=N–C) groups is 1. The Morgan fingerprint density at radius 1 is 1.26 bits per heavy atom. The van der Waals surface area contributed by atoms with Crippen LogP contribution < -0.4 is 10.6 Å². The van der Waals surface area contributed by atoms with Crippen LogP contribution >= 0.6 is 0 Å². The molecule has 1 fully saturated rings. The second-order valence-electron chi connectivity index (χ2n) is 7.67. The lowest BCUT2D eigenvalue weighted by molar-refractivity contribution is -0.192. The molecular weight excluding hydrogens is 290 g/mol. The average Bonchev–Trinajstić information content (AvgIpc) is 2.40. The third-order valence-electron chi connectivity index (χ3n) is 5.39. The molecule has 0 radical (unpaired) electrons. The molecule has 1 heterocycles. The van der Waals surface area contributed by atoms with Crippen molar-refractivity contribution in [1.82, 2.24) is 10.6 Å². The lowest BCUT2D eigenvalue weighted by Crippen LogP contribution is -2.70. The lowest BCUT2D eigenvalue weighted by Gasteiger charge is -2.57. The molecule has 1 aliphatic heterocycles. The zero-order chi connectivity index (χ0) is 17.9. The first-order valence-electron chi connectivity index (χ1n) is 8.30. The largest absolute Gasteiger partial charge is 0.457 e. The van der Waals surface area contributed by atoms with Gasteiger partial charge in [0.1, 0.15) is 5.60 Å². The van der Waals surface area contributed by atoms with Crippen molar-refractivity contribution in [2.24, 2.45) is 10.4 Å². The fraction of sp³-hybridized carbons (Fsp3) is 0.778. The molecular formula is C18H33N3O2. The summed E-state index contributed by atoms with van der Waals surface area (Å²) in [5.41, 5.74) is -0.237. The molecule has 132 valence electrons. The van der Waals surface area contributed by atoms with Crippen molar-refractivity contribution in [2.75, 3.05) is 14.1 Å². The van der Waals surface area contributed by atoms with Gasteiger partial charge in [0.25, 0.3) is 0 Å². The molecule has 0 aromatic carbocycles. The molecule has 1 unspecified atom stereocenters. The Morgan fingerprint density at radius 2 is 1.87 bits per heavy atom. The third-order valence-corrected chi connectivity index (χ3v) is 5.39. The number of carbonyl (C=O) groups excluding carboxylic acids is 1. The minimum atomic E-state index is -0.601. The number of carbonyl (C=O) groups is 1. The maximum atomic E-state index is 11.9. The molecule has 1 atom stereocenters. The highest BCUT2D eigenvalue weighted by molar-refractivity contribution is 5.81. The first-order chi connectivity index (χ1) is 10.5. The maximum absolute atomic E-state index is 11.9. The van der Waals surface area contributed by atoms with E-state index in [1.54, 1.807) is 7.05 Å². The van der Waals surface area contributed by atoms with Gasteiger partial charge in [0.15, 0.2) is 0 Å². The molecule has 0 spiro atoms. The second-order valence-corrected chi connectivity index (χ2v) is 7.67. The van der Waals surface area contributed by atoms with E-state index in [9.17, 15) is 4.79 Å². The molecule has 5 heteroatoms. The number of nitrogens with zero attached hydrogens (tertiary/aromatic N) is 1. The van der Waals surface area contributed by atoms with Gasteiger partial charge >= 0.3 is 5.97 Å². The van der Waals surface area contributed by atoms with Gasteiger partial charge in [-0.3, -0.25) is 9.79 Å². The fourth-order valence-corrected chi connectivity index (χ4v) is 3.33. The van der Waals surface area contributed by atoms with Gasteiger partial charge in [-0.05, 0) is 33.6 Å². The van der Waals surface area contributed by atoms with E-state index in [-0.39, 0.29) is 16.9 Å². The number of ether oxygens (including phenoxy) is 1. The van der Waals surface area contributed by atoms with Crippen molar-refractivity contribution >= 4 is 11.8 Å². The van der Waals surface area contributed by atoms with Gasteiger partial charge in [0, 0.05) is 31.6 Å². The molecule has 1 saturated heterocycles. The number of esters is 1. The highest BCUT2D eigenvalue weighted by atomic mass is 16.6. The highest BCUT2D eigenvalue weighted by Gasteiger charge is 2.58. The normalized spacial score (nSPS) is 26.4. The first kappa shape index (κ1) is 19.5. The predicted octanol–water partition coefficient (Wildman–Crippen LogP) is 3.02. The van der Waals surface area contributed by atoms with Gasteiger partial charge in [-0.2, -0.15) is 0 Å². The number of cyclic esters (lactones) is 1. The van der Waals surface area contributed by atoms with Crippen LogP contribution in [0.1, 0.15) is 60.3 Å². The monoisotopic (exact) mass is 323 g/mol. The van der Waals surface area contributed by atoms with E-state index < -0.39 is 5.60 Å². The molecule has 5 nitrogen and oxygen atoms in total. The minimum Gasteiger partial charge on any atom is -0.457 e. The molecule has 0 aliphatic carbocycles. The van der Waals surface area contributed by atoms with Crippen molar-refractivity contribution in [2.45, 2.75) is 71.4 Å². The molecule has 0 aromatic heterocycles. The van der Waals surface area contributed by atoms with Crippen molar-refractivity contribution < 1.29 is 9.53 Å². The zero-order valence-corrected chi connectivity index (χ0v) is 15.8. The van der Waals surface area contributed by atoms with Crippen LogP contribution in [0.15, 0.2) is 17.3 Å². The summed E-state index contributed by atoms with van der Waals surface area (Å²) in [6, 6.07) is 0. The van der Waals surface area contributed by atoms with Crippen LogP contribution in [0.25, 0.3) is 0 Å². The van der Waals surface area contributed by atoms with E-state index in [1.807, 2.05) is 20.9 Å². The van der Waals surface area contributed by atoms with Crippen LogP contribution in [0.4, 0.5) is 0 Å². The summed E-state index contributed by atoms with van der Waals surface area (Å²) in [5.74, 6) is 0.860. The molecule has 1 rings (SSSR count). The predicted molar refractivity (Wildman–Crippen MR) is 95.5 cm³/mol. The second kappa shape index (κ2) is 6.93.